The maximum atomic E-state index is 10.2. The maximum absolute atomic E-state index is 10.2. The van der Waals surface area contributed by atoms with Crippen LogP contribution < -0.4 is 0 Å². The summed E-state index contributed by atoms with van der Waals surface area (Å²) in [6, 6.07) is 5.84. The van der Waals surface area contributed by atoms with E-state index in [1.165, 1.54) is 12.2 Å². The van der Waals surface area contributed by atoms with E-state index in [1.807, 2.05) is 36.9 Å². The number of hydrogen-bond donors (Lipinski definition) is 1. The Kier molecular flexibility index (Phi) is 3.60. The highest BCUT2D eigenvalue weighted by Crippen LogP contribution is 2.36. The van der Waals surface area contributed by atoms with E-state index in [-0.39, 0.29) is 6.10 Å². The molecule has 0 radical (unpaired) electrons. The third-order valence-corrected chi connectivity index (χ3v) is 4.71. The Labute approximate surface area is 99.8 Å². The molecule has 2 unspecified atom stereocenters. The molecule has 1 aliphatic rings. The van der Waals surface area contributed by atoms with Gasteiger partial charge in [-0.05, 0) is 42.7 Å². The number of aliphatic hydroxyl groups is 1. The van der Waals surface area contributed by atoms with Gasteiger partial charge in [-0.1, -0.05) is 23.7 Å². The van der Waals surface area contributed by atoms with Crippen molar-refractivity contribution in [3.8, 4) is 0 Å². The van der Waals surface area contributed by atoms with Crippen molar-refractivity contribution >= 4 is 23.4 Å². The van der Waals surface area contributed by atoms with Crippen molar-refractivity contribution in [2.24, 2.45) is 0 Å². The maximum Gasteiger partial charge on any atom is 0.0909 e. The standard InChI is InChI=1S/C12H15ClOS/c1-8-4-5-9(7-10(8)13)12(14)11-3-2-6-15-11/h4-5,7,11-12,14H,2-3,6H2,1H3. The molecule has 2 rings (SSSR count). The zero-order chi connectivity index (χ0) is 10.8. The second-order valence-electron chi connectivity index (χ2n) is 4.00. The van der Waals surface area contributed by atoms with Crippen LogP contribution in [-0.2, 0) is 0 Å². The minimum Gasteiger partial charge on any atom is -0.387 e. The first-order valence-electron chi connectivity index (χ1n) is 5.24. The first-order valence-corrected chi connectivity index (χ1v) is 6.67. The van der Waals surface area contributed by atoms with Crippen LogP contribution in [0.2, 0.25) is 5.02 Å². The summed E-state index contributed by atoms with van der Waals surface area (Å²) in [5.41, 5.74) is 2.01. The van der Waals surface area contributed by atoms with Gasteiger partial charge in [0, 0.05) is 10.3 Å². The van der Waals surface area contributed by atoms with Gasteiger partial charge in [0.1, 0.15) is 0 Å². The Balaban J connectivity index is 2.17. The Morgan fingerprint density at radius 2 is 2.33 bits per heavy atom. The van der Waals surface area contributed by atoms with E-state index in [1.54, 1.807) is 0 Å². The summed E-state index contributed by atoms with van der Waals surface area (Å²) in [6.45, 7) is 1.98. The van der Waals surface area contributed by atoms with Gasteiger partial charge in [-0.25, -0.2) is 0 Å². The van der Waals surface area contributed by atoms with Crippen molar-refractivity contribution in [3.63, 3.8) is 0 Å². The number of halogens is 1. The lowest BCUT2D eigenvalue weighted by Crippen LogP contribution is -2.11. The third-order valence-electron chi connectivity index (χ3n) is 2.85. The quantitative estimate of drug-likeness (QED) is 0.856. The molecule has 1 aromatic rings. The molecule has 1 nitrogen and oxygen atoms in total. The van der Waals surface area contributed by atoms with Gasteiger partial charge in [-0.3, -0.25) is 0 Å². The minimum absolute atomic E-state index is 0.351. The van der Waals surface area contributed by atoms with Crippen molar-refractivity contribution in [2.45, 2.75) is 31.1 Å². The predicted molar refractivity (Wildman–Crippen MR) is 66.6 cm³/mol. The lowest BCUT2D eigenvalue weighted by atomic mass is 10.0. The fourth-order valence-corrected chi connectivity index (χ4v) is 3.36. The molecule has 82 valence electrons. The van der Waals surface area contributed by atoms with Crippen LogP contribution in [0.25, 0.3) is 0 Å². The van der Waals surface area contributed by atoms with Gasteiger partial charge in [-0.15, -0.1) is 0 Å². The highest BCUT2D eigenvalue weighted by molar-refractivity contribution is 8.00. The van der Waals surface area contributed by atoms with E-state index in [4.69, 9.17) is 11.6 Å². The third kappa shape index (κ3) is 2.49. The van der Waals surface area contributed by atoms with Gasteiger partial charge in [0.05, 0.1) is 6.10 Å². The zero-order valence-corrected chi connectivity index (χ0v) is 10.3. The van der Waals surface area contributed by atoms with Gasteiger partial charge in [-0.2, -0.15) is 11.8 Å². The molecule has 3 heteroatoms. The van der Waals surface area contributed by atoms with E-state index in [0.29, 0.717) is 5.25 Å². The van der Waals surface area contributed by atoms with Gasteiger partial charge in [0.25, 0.3) is 0 Å². The highest BCUT2D eigenvalue weighted by Gasteiger charge is 2.25. The van der Waals surface area contributed by atoms with E-state index in [2.05, 4.69) is 0 Å². The monoisotopic (exact) mass is 242 g/mol. The van der Waals surface area contributed by atoms with E-state index in [9.17, 15) is 5.11 Å². The molecule has 1 aromatic carbocycles. The molecule has 1 fully saturated rings. The first-order chi connectivity index (χ1) is 7.18. The molecule has 0 bridgehead atoms. The molecule has 1 heterocycles. The minimum atomic E-state index is -0.365. The average molecular weight is 243 g/mol. The van der Waals surface area contributed by atoms with Crippen LogP contribution >= 0.6 is 23.4 Å². The SMILES string of the molecule is Cc1ccc(C(O)C2CCCS2)cc1Cl. The molecule has 0 aliphatic carbocycles. The normalized spacial score (nSPS) is 23.0. The Hall–Kier alpha value is -0.180. The van der Waals surface area contributed by atoms with Gasteiger partial charge in [0.15, 0.2) is 0 Å². The molecular formula is C12H15ClOS. The lowest BCUT2D eigenvalue weighted by molar-refractivity contribution is 0.173. The number of thioether (sulfide) groups is 1. The lowest BCUT2D eigenvalue weighted by Gasteiger charge is -2.17. The number of rotatable bonds is 2. The summed E-state index contributed by atoms with van der Waals surface area (Å²) >= 11 is 7.91. The Morgan fingerprint density at radius 1 is 1.53 bits per heavy atom. The molecule has 2 atom stereocenters. The van der Waals surface area contributed by atoms with Crippen molar-refractivity contribution in [1.29, 1.82) is 0 Å². The van der Waals surface area contributed by atoms with Gasteiger partial charge in [0.2, 0.25) is 0 Å². The molecule has 0 spiro atoms. The van der Waals surface area contributed by atoms with Gasteiger partial charge >= 0.3 is 0 Å². The molecule has 0 amide bonds. The second kappa shape index (κ2) is 4.77. The van der Waals surface area contributed by atoms with E-state index in [0.717, 1.165) is 22.6 Å². The number of hydrogen-bond acceptors (Lipinski definition) is 2. The summed E-state index contributed by atoms with van der Waals surface area (Å²) in [5.74, 6) is 1.17. The zero-order valence-electron chi connectivity index (χ0n) is 8.74. The first kappa shape index (κ1) is 11.3. The number of aliphatic hydroxyl groups excluding tert-OH is 1. The molecule has 0 saturated carbocycles. The van der Waals surface area contributed by atoms with Crippen LogP contribution in [0.15, 0.2) is 18.2 Å². The van der Waals surface area contributed by atoms with Crippen LogP contribution in [-0.4, -0.2) is 16.1 Å². The summed E-state index contributed by atoms with van der Waals surface area (Å²) in [7, 11) is 0. The van der Waals surface area contributed by atoms with Crippen molar-refractivity contribution in [3.05, 3.63) is 34.3 Å². The topological polar surface area (TPSA) is 20.2 Å². The van der Waals surface area contributed by atoms with Crippen LogP contribution in [0, 0.1) is 6.92 Å². The van der Waals surface area contributed by atoms with E-state index >= 15 is 0 Å². The van der Waals surface area contributed by atoms with Crippen LogP contribution in [0.3, 0.4) is 0 Å². The predicted octanol–water partition coefficient (Wildman–Crippen LogP) is 3.58. The van der Waals surface area contributed by atoms with Crippen molar-refractivity contribution in [2.75, 3.05) is 5.75 Å². The largest absolute Gasteiger partial charge is 0.387 e. The second-order valence-corrected chi connectivity index (χ2v) is 5.76. The molecule has 1 N–H and O–H groups in total. The number of aryl methyl sites for hydroxylation is 1. The Bertz CT molecular complexity index is 347. The summed E-state index contributed by atoms with van der Waals surface area (Å²) in [6.07, 6.45) is 1.96. The summed E-state index contributed by atoms with van der Waals surface area (Å²) in [5, 5.41) is 11.3. The molecular weight excluding hydrogens is 228 g/mol. The molecule has 1 saturated heterocycles. The van der Waals surface area contributed by atoms with Crippen molar-refractivity contribution < 1.29 is 5.11 Å². The Morgan fingerprint density at radius 3 is 2.93 bits per heavy atom. The number of benzene rings is 1. The molecule has 0 aromatic heterocycles. The summed E-state index contributed by atoms with van der Waals surface area (Å²) < 4.78 is 0. The fraction of sp³-hybridized carbons (Fsp3) is 0.500. The average Bonchev–Trinajstić information content (AvgIpc) is 2.74. The molecule has 1 aliphatic heterocycles. The smallest absolute Gasteiger partial charge is 0.0909 e. The van der Waals surface area contributed by atoms with E-state index < -0.39 is 0 Å². The van der Waals surface area contributed by atoms with Crippen LogP contribution in [0.5, 0.6) is 0 Å². The molecule has 15 heavy (non-hydrogen) atoms. The highest BCUT2D eigenvalue weighted by atomic mass is 35.5. The van der Waals surface area contributed by atoms with Crippen LogP contribution in [0.1, 0.15) is 30.1 Å². The van der Waals surface area contributed by atoms with Crippen molar-refractivity contribution in [1.82, 2.24) is 0 Å². The fourth-order valence-electron chi connectivity index (χ4n) is 1.86. The summed E-state index contributed by atoms with van der Waals surface area (Å²) in [4.78, 5) is 0. The van der Waals surface area contributed by atoms with Gasteiger partial charge < -0.3 is 5.11 Å². The van der Waals surface area contributed by atoms with Crippen LogP contribution in [0.4, 0.5) is 0 Å².